The highest BCUT2D eigenvalue weighted by molar-refractivity contribution is 7.45. The van der Waals surface area contributed by atoms with E-state index in [-0.39, 0.29) is 27.3 Å². The van der Waals surface area contributed by atoms with E-state index in [4.69, 9.17) is 9.05 Å². The molecule has 0 radical (unpaired) electrons. The van der Waals surface area contributed by atoms with Gasteiger partial charge in [-0.3, -0.25) is 0 Å². The van der Waals surface area contributed by atoms with Crippen LogP contribution in [0.4, 0.5) is 0 Å². The molecule has 1 fully saturated rings. The minimum absolute atomic E-state index is 0.0121. The summed E-state index contributed by atoms with van der Waals surface area (Å²) in [6, 6.07) is 13.5. The maximum atomic E-state index is 7.08. The first kappa shape index (κ1) is 22.9. The summed E-state index contributed by atoms with van der Waals surface area (Å²) in [5.74, 6) is 2.09. The zero-order chi connectivity index (χ0) is 24.3. The molecule has 0 saturated carbocycles. The van der Waals surface area contributed by atoms with E-state index >= 15 is 0 Å². The van der Waals surface area contributed by atoms with E-state index in [1.807, 2.05) is 0 Å². The Labute approximate surface area is 207 Å². The number of piperidine rings is 1. The molecule has 6 rings (SSSR count). The molecule has 2 aromatic carbocycles. The summed E-state index contributed by atoms with van der Waals surface area (Å²) < 4.78 is 16.7. The highest BCUT2D eigenvalue weighted by Crippen LogP contribution is 2.69. The van der Waals surface area contributed by atoms with E-state index in [1.54, 1.807) is 0 Å². The number of hydrogen-bond donors (Lipinski definition) is 0. The Morgan fingerprint density at radius 2 is 1.12 bits per heavy atom. The van der Waals surface area contributed by atoms with Gasteiger partial charge in [0.05, 0.1) is 0 Å². The summed E-state index contributed by atoms with van der Waals surface area (Å²) in [6.45, 7) is 19.1. The van der Waals surface area contributed by atoms with Crippen LogP contribution in [-0.2, 0) is 16.2 Å². The summed E-state index contributed by atoms with van der Waals surface area (Å²) in [5.41, 5.74) is 5.93. The Kier molecular flexibility index (Phi) is 4.57. The third-order valence-corrected chi connectivity index (χ3v) is 11.3. The molecule has 34 heavy (non-hydrogen) atoms. The van der Waals surface area contributed by atoms with Crippen LogP contribution in [0.25, 0.3) is 0 Å². The normalized spacial score (nSPS) is 27.1. The largest absolute Gasteiger partial charge is 0.427 e. The highest BCUT2D eigenvalue weighted by atomic mass is 31.2. The van der Waals surface area contributed by atoms with Gasteiger partial charge in [-0.05, 0) is 93.9 Å². The van der Waals surface area contributed by atoms with E-state index in [0.29, 0.717) is 0 Å². The van der Waals surface area contributed by atoms with E-state index < -0.39 is 8.53 Å². The summed E-state index contributed by atoms with van der Waals surface area (Å²) in [7, 11) is -1.32. The predicted molar refractivity (Wildman–Crippen MR) is 141 cm³/mol. The van der Waals surface area contributed by atoms with E-state index in [2.05, 4.69) is 96.5 Å². The van der Waals surface area contributed by atoms with Gasteiger partial charge in [-0.15, -0.1) is 0 Å². The molecule has 0 amide bonds. The van der Waals surface area contributed by atoms with Crippen molar-refractivity contribution in [2.75, 3.05) is 0 Å². The van der Waals surface area contributed by atoms with Gasteiger partial charge in [-0.25, -0.2) is 4.67 Å². The smallest absolute Gasteiger partial charge is 0.385 e. The van der Waals surface area contributed by atoms with Gasteiger partial charge in [0, 0.05) is 27.6 Å². The molecule has 1 spiro atoms. The Morgan fingerprint density at radius 1 is 0.676 bits per heavy atom. The zero-order valence-electron chi connectivity index (χ0n) is 22.2. The first-order valence-corrected chi connectivity index (χ1v) is 14.2. The van der Waals surface area contributed by atoms with Gasteiger partial charge in [-0.1, -0.05) is 52.0 Å². The number of benzene rings is 2. The molecular weight excluding hydrogens is 437 g/mol. The van der Waals surface area contributed by atoms with Crippen LogP contribution in [0, 0.1) is 0 Å². The van der Waals surface area contributed by atoms with Gasteiger partial charge >= 0.3 is 8.53 Å². The van der Waals surface area contributed by atoms with Crippen LogP contribution < -0.4 is 9.05 Å². The zero-order valence-corrected chi connectivity index (χ0v) is 23.1. The van der Waals surface area contributed by atoms with Crippen LogP contribution in [0.1, 0.15) is 110 Å². The van der Waals surface area contributed by atoms with Gasteiger partial charge < -0.3 is 9.05 Å². The van der Waals surface area contributed by atoms with Gasteiger partial charge in [0.25, 0.3) is 0 Å². The van der Waals surface area contributed by atoms with Crippen LogP contribution in [0.3, 0.4) is 0 Å². The molecule has 0 bridgehead atoms. The number of hydrogen-bond acceptors (Lipinski definition) is 3. The van der Waals surface area contributed by atoms with E-state index in [9.17, 15) is 0 Å². The molecule has 2 aliphatic carbocycles. The molecule has 0 unspecified atom stereocenters. The SMILES string of the molecule is CC1(C)CC23CC(C)(C)c4cccc(c42)OP(N2C(C)(C)CCCC2(C)C)Oc2cccc1c23. The molecule has 182 valence electrons. The van der Waals surface area contributed by atoms with Crippen molar-refractivity contribution in [1.82, 2.24) is 4.67 Å². The van der Waals surface area contributed by atoms with Crippen molar-refractivity contribution < 1.29 is 9.05 Å². The molecule has 2 heterocycles. The molecule has 2 aromatic rings. The lowest BCUT2D eigenvalue weighted by atomic mass is 9.72. The molecule has 4 heteroatoms. The van der Waals surface area contributed by atoms with Crippen molar-refractivity contribution in [2.45, 2.75) is 115 Å². The molecule has 2 aliphatic heterocycles. The molecule has 4 aliphatic rings. The molecule has 0 N–H and O–H groups in total. The quantitative estimate of drug-likeness (QED) is 0.385. The second-order valence-electron chi connectivity index (χ2n) is 13.8. The average molecular weight is 478 g/mol. The van der Waals surface area contributed by atoms with Crippen LogP contribution in [0.15, 0.2) is 36.4 Å². The van der Waals surface area contributed by atoms with Crippen LogP contribution in [-0.4, -0.2) is 15.7 Å². The maximum Gasteiger partial charge on any atom is 0.385 e. The summed E-state index contributed by atoms with van der Waals surface area (Å²) in [4.78, 5) is 0. The fourth-order valence-corrected chi connectivity index (χ4v) is 10.2. The van der Waals surface area contributed by atoms with Crippen molar-refractivity contribution >= 4 is 8.53 Å². The lowest BCUT2D eigenvalue weighted by Gasteiger charge is -2.53. The lowest BCUT2D eigenvalue weighted by Crippen LogP contribution is -2.56. The molecular formula is C30H40NO2P. The fraction of sp³-hybridized carbons (Fsp3) is 0.600. The second-order valence-corrected chi connectivity index (χ2v) is 15.0. The number of nitrogens with zero attached hydrogens (tertiary/aromatic N) is 1. The topological polar surface area (TPSA) is 21.7 Å². The standard InChI is InChI=1S/C30H40NO2P/c1-26(2)18-30-19-27(3,4)21-13-10-15-23(25(21)30)33-34(32-22-14-9-12-20(26)24(22)30)31-28(5,6)16-11-17-29(31,7)8/h9-10,12-15H,11,16-19H2,1-8H3. The third kappa shape index (κ3) is 2.96. The minimum atomic E-state index is -1.32. The Hall–Kier alpha value is -1.57. The van der Waals surface area contributed by atoms with Gasteiger partial charge in [-0.2, -0.15) is 0 Å². The van der Waals surface area contributed by atoms with Crippen molar-refractivity contribution in [3.8, 4) is 11.5 Å². The third-order valence-electron chi connectivity index (χ3n) is 9.20. The highest BCUT2D eigenvalue weighted by Gasteiger charge is 2.60. The van der Waals surface area contributed by atoms with E-state index in [1.165, 1.54) is 28.7 Å². The average Bonchev–Trinajstić information content (AvgIpc) is 3.06. The van der Waals surface area contributed by atoms with Gasteiger partial charge in [0.1, 0.15) is 11.5 Å². The summed E-state index contributed by atoms with van der Waals surface area (Å²) in [6.07, 6.45) is 5.76. The first-order chi connectivity index (χ1) is 15.8. The Balaban J connectivity index is 1.63. The molecule has 3 nitrogen and oxygen atoms in total. The van der Waals surface area contributed by atoms with Crippen molar-refractivity contribution in [3.05, 3.63) is 58.7 Å². The second kappa shape index (κ2) is 6.80. The van der Waals surface area contributed by atoms with Crippen molar-refractivity contribution in [3.63, 3.8) is 0 Å². The van der Waals surface area contributed by atoms with Gasteiger partial charge in [0.15, 0.2) is 0 Å². The van der Waals surface area contributed by atoms with Crippen molar-refractivity contribution in [2.24, 2.45) is 0 Å². The van der Waals surface area contributed by atoms with Crippen LogP contribution in [0.5, 0.6) is 11.5 Å². The lowest BCUT2D eigenvalue weighted by molar-refractivity contribution is 0.0436. The van der Waals surface area contributed by atoms with Crippen molar-refractivity contribution in [1.29, 1.82) is 0 Å². The van der Waals surface area contributed by atoms with E-state index in [0.717, 1.165) is 37.2 Å². The first-order valence-electron chi connectivity index (χ1n) is 13.0. The van der Waals surface area contributed by atoms with Crippen LogP contribution >= 0.6 is 8.53 Å². The number of rotatable bonds is 1. The summed E-state index contributed by atoms with van der Waals surface area (Å²) in [5, 5.41) is 0. The summed E-state index contributed by atoms with van der Waals surface area (Å²) >= 11 is 0. The molecule has 1 saturated heterocycles. The molecule has 0 aromatic heterocycles. The molecule has 0 atom stereocenters. The van der Waals surface area contributed by atoms with Crippen LogP contribution in [0.2, 0.25) is 0 Å². The monoisotopic (exact) mass is 477 g/mol. The fourth-order valence-electron chi connectivity index (χ4n) is 8.27. The minimum Gasteiger partial charge on any atom is -0.427 e. The Bertz CT molecular complexity index is 1090. The Morgan fingerprint density at radius 3 is 1.56 bits per heavy atom. The predicted octanol–water partition coefficient (Wildman–Crippen LogP) is 8.38. The maximum absolute atomic E-state index is 7.08. The van der Waals surface area contributed by atoms with Gasteiger partial charge in [0.2, 0.25) is 0 Å².